The SMILES string of the molecule is CC(C)C1CCC=C2CC(O)CCC21. The second-order valence-corrected chi connectivity index (χ2v) is 5.31. The molecule has 2 aliphatic carbocycles. The van der Waals surface area contributed by atoms with Gasteiger partial charge in [-0.3, -0.25) is 0 Å². The van der Waals surface area contributed by atoms with Gasteiger partial charge in [0.25, 0.3) is 0 Å². The molecule has 80 valence electrons. The van der Waals surface area contributed by atoms with Crippen LogP contribution in [0.15, 0.2) is 11.6 Å². The highest BCUT2D eigenvalue weighted by Crippen LogP contribution is 2.43. The van der Waals surface area contributed by atoms with Gasteiger partial charge in [0.15, 0.2) is 0 Å². The van der Waals surface area contributed by atoms with Gasteiger partial charge >= 0.3 is 0 Å². The van der Waals surface area contributed by atoms with Crippen molar-refractivity contribution in [2.45, 2.75) is 52.1 Å². The molecule has 0 amide bonds. The molecule has 0 aromatic carbocycles. The minimum absolute atomic E-state index is 0.0524. The molecule has 1 fully saturated rings. The van der Waals surface area contributed by atoms with E-state index < -0.39 is 0 Å². The quantitative estimate of drug-likeness (QED) is 0.636. The molecule has 0 spiro atoms. The van der Waals surface area contributed by atoms with Crippen molar-refractivity contribution in [2.75, 3.05) is 0 Å². The Morgan fingerprint density at radius 2 is 2.07 bits per heavy atom. The molecule has 14 heavy (non-hydrogen) atoms. The van der Waals surface area contributed by atoms with Crippen LogP contribution in [0.5, 0.6) is 0 Å². The van der Waals surface area contributed by atoms with Gasteiger partial charge in [-0.05, 0) is 49.9 Å². The van der Waals surface area contributed by atoms with Gasteiger partial charge in [-0.2, -0.15) is 0 Å². The monoisotopic (exact) mass is 194 g/mol. The molecule has 1 nitrogen and oxygen atoms in total. The molecule has 0 aliphatic heterocycles. The number of allylic oxidation sites excluding steroid dienone is 1. The summed E-state index contributed by atoms with van der Waals surface area (Å²) in [5.41, 5.74) is 1.56. The first-order valence-electron chi connectivity index (χ1n) is 6.05. The molecule has 1 heteroatoms. The zero-order valence-electron chi connectivity index (χ0n) is 9.37. The van der Waals surface area contributed by atoms with Gasteiger partial charge in [-0.25, -0.2) is 0 Å². The minimum atomic E-state index is -0.0524. The van der Waals surface area contributed by atoms with E-state index >= 15 is 0 Å². The highest BCUT2D eigenvalue weighted by Gasteiger charge is 2.33. The Hall–Kier alpha value is -0.300. The lowest BCUT2D eigenvalue weighted by atomic mass is 9.67. The van der Waals surface area contributed by atoms with Gasteiger partial charge in [0, 0.05) is 0 Å². The van der Waals surface area contributed by atoms with Crippen LogP contribution in [0.1, 0.15) is 46.0 Å². The first-order valence-corrected chi connectivity index (χ1v) is 6.05. The molecule has 2 aliphatic rings. The summed E-state index contributed by atoms with van der Waals surface area (Å²) >= 11 is 0. The van der Waals surface area contributed by atoms with Crippen molar-refractivity contribution in [1.29, 1.82) is 0 Å². The zero-order chi connectivity index (χ0) is 10.1. The topological polar surface area (TPSA) is 20.2 Å². The predicted molar refractivity (Wildman–Crippen MR) is 59.0 cm³/mol. The van der Waals surface area contributed by atoms with Gasteiger partial charge < -0.3 is 5.11 Å². The lowest BCUT2D eigenvalue weighted by Crippen LogP contribution is -2.31. The van der Waals surface area contributed by atoms with Crippen LogP contribution in [0.4, 0.5) is 0 Å². The normalized spacial score (nSPS) is 38.0. The largest absolute Gasteiger partial charge is 0.393 e. The van der Waals surface area contributed by atoms with Crippen molar-refractivity contribution < 1.29 is 5.11 Å². The van der Waals surface area contributed by atoms with E-state index in [0.29, 0.717) is 0 Å². The van der Waals surface area contributed by atoms with Gasteiger partial charge in [0.05, 0.1) is 6.10 Å². The molecule has 0 heterocycles. The average Bonchev–Trinajstić information content (AvgIpc) is 2.16. The third kappa shape index (κ3) is 1.88. The number of fused-ring (bicyclic) bond motifs is 1. The van der Waals surface area contributed by atoms with Crippen LogP contribution in [0.25, 0.3) is 0 Å². The zero-order valence-corrected chi connectivity index (χ0v) is 9.37. The van der Waals surface area contributed by atoms with Crippen LogP contribution in [-0.2, 0) is 0 Å². The fourth-order valence-corrected chi connectivity index (χ4v) is 3.27. The predicted octanol–water partition coefficient (Wildman–Crippen LogP) is 3.14. The molecule has 0 aromatic heterocycles. The highest BCUT2D eigenvalue weighted by atomic mass is 16.3. The maximum Gasteiger partial charge on any atom is 0.0577 e. The number of hydrogen-bond donors (Lipinski definition) is 1. The van der Waals surface area contributed by atoms with E-state index in [1.165, 1.54) is 19.3 Å². The Kier molecular flexibility index (Phi) is 2.96. The van der Waals surface area contributed by atoms with Crippen LogP contribution >= 0.6 is 0 Å². The Labute approximate surface area is 87.2 Å². The maximum absolute atomic E-state index is 9.63. The fourth-order valence-electron chi connectivity index (χ4n) is 3.27. The summed E-state index contributed by atoms with van der Waals surface area (Å²) < 4.78 is 0. The second kappa shape index (κ2) is 4.06. The van der Waals surface area contributed by atoms with Crippen LogP contribution < -0.4 is 0 Å². The summed E-state index contributed by atoms with van der Waals surface area (Å²) in [6.07, 6.45) is 8.13. The highest BCUT2D eigenvalue weighted by molar-refractivity contribution is 5.15. The van der Waals surface area contributed by atoms with E-state index in [1.807, 2.05) is 0 Å². The van der Waals surface area contributed by atoms with Crippen LogP contribution in [-0.4, -0.2) is 11.2 Å². The average molecular weight is 194 g/mol. The number of aliphatic hydroxyl groups excluding tert-OH is 1. The maximum atomic E-state index is 9.63. The van der Waals surface area contributed by atoms with Crippen molar-refractivity contribution in [2.24, 2.45) is 17.8 Å². The molecule has 3 unspecified atom stereocenters. The van der Waals surface area contributed by atoms with E-state index in [0.717, 1.165) is 30.6 Å². The number of aliphatic hydroxyl groups is 1. The van der Waals surface area contributed by atoms with Crippen molar-refractivity contribution in [3.8, 4) is 0 Å². The Morgan fingerprint density at radius 1 is 1.29 bits per heavy atom. The molecule has 0 bridgehead atoms. The first-order chi connectivity index (χ1) is 6.68. The molecule has 0 saturated heterocycles. The van der Waals surface area contributed by atoms with Crippen LogP contribution in [0, 0.1) is 17.8 Å². The lowest BCUT2D eigenvalue weighted by molar-refractivity contribution is 0.108. The summed E-state index contributed by atoms with van der Waals surface area (Å²) in [5.74, 6) is 2.48. The molecule has 1 N–H and O–H groups in total. The van der Waals surface area contributed by atoms with Crippen molar-refractivity contribution >= 4 is 0 Å². The summed E-state index contributed by atoms with van der Waals surface area (Å²) in [6, 6.07) is 0. The van der Waals surface area contributed by atoms with E-state index in [4.69, 9.17) is 0 Å². The van der Waals surface area contributed by atoms with Crippen molar-refractivity contribution in [3.05, 3.63) is 11.6 Å². The molecule has 1 saturated carbocycles. The van der Waals surface area contributed by atoms with E-state index in [1.54, 1.807) is 5.57 Å². The summed E-state index contributed by atoms with van der Waals surface area (Å²) in [7, 11) is 0. The van der Waals surface area contributed by atoms with Gasteiger partial charge in [-0.15, -0.1) is 0 Å². The lowest BCUT2D eigenvalue weighted by Gasteiger charge is -2.39. The number of rotatable bonds is 1. The molecule has 0 aromatic rings. The Balaban J connectivity index is 2.11. The Morgan fingerprint density at radius 3 is 2.79 bits per heavy atom. The van der Waals surface area contributed by atoms with Crippen molar-refractivity contribution in [3.63, 3.8) is 0 Å². The van der Waals surface area contributed by atoms with Gasteiger partial charge in [0.2, 0.25) is 0 Å². The number of hydrogen-bond acceptors (Lipinski definition) is 1. The Bertz CT molecular complexity index is 229. The molecule has 2 rings (SSSR count). The van der Waals surface area contributed by atoms with Crippen molar-refractivity contribution in [1.82, 2.24) is 0 Å². The fraction of sp³-hybridized carbons (Fsp3) is 0.846. The smallest absolute Gasteiger partial charge is 0.0577 e. The molecule has 3 atom stereocenters. The third-order valence-corrected chi connectivity index (χ3v) is 4.04. The third-order valence-electron chi connectivity index (χ3n) is 4.04. The van der Waals surface area contributed by atoms with Crippen LogP contribution in [0.3, 0.4) is 0 Å². The molecular formula is C13H22O. The molecular weight excluding hydrogens is 172 g/mol. The summed E-state index contributed by atoms with van der Waals surface area (Å²) in [4.78, 5) is 0. The second-order valence-electron chi connectivity index (χ2n) is 5.31. The minimum Gasteiger partial charge on any atom is -0.393 e. The van der Waals surface area contributed by atoms with Gasteiger partial charge in [-0.1, -0.05) is 25.5 Å². The summed E-state index contributed by atoms with van der Waals surface area (Å²) in [6.45, 7) is 4.69. The van der Waals surface area contributed by atoms with Gasteiger partial charge in [0.1, 0.15) is 0 Å². The standard InChI is InChI=1S/C13H22O/c1-9(2)12-5-3-4-10-8-11(14)6-7-13(10)12/h4,9,11-14H,3,5-8H2,1-2H3. The van der Waals surface area contributed by atoms with Crippen LogP contribution in [0.2, 0.25) is 0 Å². The summed E-state index contributed by atoms with van der Waals surface area (Å²) in [5, 5.41) is 9.63. The van der Waals surface area contributed by atoms with E-state index in [2.05, 4.69) is 19.9 Å². The first kappa shape index (κ1) is 10.2. The van der Waals surface area contributed by atoms with E-state index in [9.17, 15) is 5.11 Å². The molecule has 0 radical (unpaired) electrons. The van der Waals surface area contributed by atoms with E-state index in [-0.39, 0.29) is 6.10 Å².